The van der Waals surface area contributed by atoms with Gasteiger partial charge < -0.3 is 10.4 Å². The maximum Gasteiger partial charge on any atom is 0.242 e. The Morgan fingerprint density at radius 1 is 1.19 bits per heavy atom. The van der Waals surface area contributed by atoms with Crippen LogP contribution in [0.25, 0.3) is 0 Å². The number of benzene rings is 1. The van der Waals surface area contributed by atoms with Gasteiger partial charge in [-0.2, -0.15) is 0 Å². The van der Waals surface area contributed by atoms with E-state index in [-0.39, 0.29) is 11.5 Å². The summed E-state index contributed by atoms with van der Waals surface area (Å²) in [4.78, 5) is 0.270. The van der Waals surface area contributed by atoms with Crippen LogP contribution in [-0.4, -0.2) is 33.2 Å². The molecule has 1 atom stereocenters. The first-order chi connectivity index (χ1) is 10.0. The molecule has 0 aliphatic carbocycles. The Hall–Kier alpha value is -1.11. The zero-order valence-corrected chi connectivity index (χ0v) is 13.6. The van der Waals surface area contributed by atoms with Crippen LogP contribution in [0.3, 0.4) is 0 Å². The molecular formula is C15H26N2O3S. The van der Waals surface area contributed by atoms with Gasteiger partial charge in [0.1, 0.15) is 4.90 Å². The SMILES string of the molecule is CCCC(CCO)CNc1ccccc1S(=O)(=O)NCC. The highest BCUT2D eigenvalue weighted by atomic mass is 32.2. The largest absolute Gasteiger partial charge is 0.396 e. The van der Waals surface area contributed by atoms with E-state index >= 15 is 0 Å². The second-order valence-electron chi connectivity index (χ2n) is 5.05. The lowest BCUT2D eigenvalue weighted by atomic mass is 10.0. The molecule has 0 amide bonds. The van der Waals surface area contributed by atoms with Crippen molar-refractivity contribution in [3.8, 4) is 0 Å². The molecule has 1 aromatic carbocycles. The molecule has 120 valence electrons. The van der Waals surface area contributed by atoms with E-state index in [1.54, 1.807) is 25.1 Å². The first-order valence-corrected chi connectivity index (χ1v) is 8.96. The fourth-order valence-electron chi connectivity index (χ4n) is 2.31. The number of hydrogen-bond donors (Lipinski definition) is 3. The van der Waals surface area contributed by atoms with E-state index in [0.29, 0.717) is 24.7 Å². The zero-order chi connectivity index (χ0) is 15.7. The fourth-order valence-corrected chi connectivity index (χ4v) is 3.53. The third-order valence-electron chi connectivity index (χ3n) is 3.33. The molecule has 3 N–H and O–H groups in total. The molecule has 6 heteroatoms. The molecule has 1 aromatic rings. The van der Waals surface area contributed by atoms with Crippen molar-refractivity contribution in [2.24, 2.45) is 5.92 Å². The maximum absolute atomic E-state index is 12.2. The summed E-state index contributed by atoms with van der Waals surface area (Å²) in [6.45, 7) is 5.04. The maximum atomic E-state index is 12.2. The van der Waals surface area contributed by atoms with Gasteiger partial charge in [-0.15, -0.1) is 0 Å². The number of hydrogen-bond acceptors (Lipinski definition) is 4. The van der Waals surface area contributed by atoms with Crippen molar-refractivity contribution in [1.82, 2.24) is 4.72 Å². The molecule has 0 heterocycles. The Bertz CT molecular complexity index is 511. The number of anilines is 1. The van der Waals surface area contributed by atoms with Gasteiger partial charge in [0.2, 0.25) is 10.0 Å². The van der Waals surface area contributed by atoms with Crippen LogP contribution >= 0.6 is 0 Å². The Kier molecular flexibility index (Phi) is 7.71. The van der Waals surface area contributed by atoms with Gasteiger partial charge in [-0.25, -0.2) is 13.1 Å². The molecule has 0 radical (unpaired) electrons. The van der Waals surface area contributed by atoms with Crippen molar-refractivity contribution >= 4 is 15.7 Å². The number of sulfonamides is 1. The highest BCUT2D eigenvalue weighted by Crippen LogP contribution is 2.22. The van der Waals surface area contributed by atoms with Crippen LogP contribution in [0.1, 0.15) is 33.1 Å². The summed E-state index contributed by atoms with van der Waals surface area (Å²) in [7, 11) is -3.48. The normalized spacial score (nSPS) is 13.1. The van der Waals surface area contributed by atoms with Crippen molar-refractivity contribution in [3.05, 3.63) is 24.3 Å². The molecule has 0 saturated carbocycles. The molecule has 1 unspecified atom stereocenters. The zero-order valence-electron chi connectivity index (χ0n) is 12.8. The number of nitrogens with one attached hydrogen (secondary N) is 2. The predicted octanol–water partition coefficient (Wildman–Crippen LogP) is 2.20. The standard InChI is InChI=1S/C15H26N2O3S/c1-3-7-13(10-11-18)12-16-14-8-5-6-9-15(14)21(19,20)17-4-2/h5-6,8-9,13,16-18H,3-4,7,10-12H2,1-2H3. The summed E-state index contributed by atoms with van der Waals surface area (Å²) in [6.07, 6.45) is 2.78. The van der Waals surface area contributed by atoms with E-state index in [2.05, 4.69) is 17.0 Å². The summed E-state index contributed by atoms with van der Waals surface area (Å²) in [6, 6.07) is 6.90. The molecule has 0 fully saturated rings. The molecule has 0 bridgehead atoms. The van der Waals surface area contributed by atoms with Gasteiger partial charge in [0.05, 0.1) is 5.69 Å². The molecule has 0 aromatic heterocycles. The summed E-state index contributed by atoms with van der Waals surface area (Å²) >= 11 is 0. The molecule has 0 saturated heterocycles. The van der Waals surface area contributed by atoms with Gasteiger partial charge >= 0.3 is 0 Å². The van der Waals surface area contributed by atoms with Crippen LogP contribution in [0.15, 0.2) is 29.2 Å². The van der Waals surface area contributed by atoms with Crippen LogP contribution in [0.4, 0.5) is 5.69 Å². The van der Waals surface area contributed by atoms with Crippen molar-refractivity contribution in [3.63, 3.8) is 0 Å². The second-order valence-corrected chi connectivity index (χ2v) is 6.78. The topological polar surface area (TPSA) is 78.4 Å². The third kappa shape index (κ3) is 5.65. The van der Waals surface area contributed by atoms with Crippen molar-refractivity contribution in [1.29, 1.82) is 0 Å². The Balaban J connectivity index is 2.84. The summed E-state index contributed by atoms with van der Waals surface area (Å²) in [5.74, 6) is 0.342. The molecule has 0 aliphatic heterocycles. The summed E-state index contributed by atoms with van der Waals surface area (Å²) in [5.41, 5.74) is 0.609. The molecular weight excluding hydrogens is 288 g/mol. The molecule has 21 heavy (non-hydrogen) atoms. The predicted molar refractivity (Wildman–Crippen MR) is 85.9 cm³/mol. The van der Waals surface area contributed by atoms with E-state index in [1.165, 1.54) is 0 Å². The van der Waals surface area contributed by atoms with E-state index < -0.39 is 10.0 Å². The van der Waals surface area contributed by atoms with Gasteiger partial charge in [0.25, 0.3) is 0 Å². The summed E-state index contributed by atoms with van der Waals surface area (Å²) in [5, 5.41) is 12.3. The van der Waals surface area contributed by atoms with Crippen molar-refractivity contribution in [2.45, 2.75) is 38.0 Å². The van der Waals surface area contributed by atoms with Crippen LogP contribution < -0.4 is 10.0 Å². The quantitative estimate of drug-likeness (QED) is 0.618. The minimum atomic E-state index is -3.48. The van der Waals surface area contributed by atoms with Crippen LogP contribution in [0.2, 0.25) is 0 Å². The van der Waals surface area contributed by atoms with Crippen LogP contribution in [0, 0.1) is 5.92 Å². The van der Waals surface area contributed by atoms with E-state index in [9.17, 15) is 8.42 Å². The lowest BCUT2D eigenvalue weighted by Gasteiger charge is -2.18. The van der Waals surface area contributed by atoms with Gasteiger partial charge in [-0.1, -0.05) is 32.4 Å². The first kappa shape index (κ1) is 17.9. The average molecular weight is 314 g/mol. The monoisotopic (exact) mass is 314 g/mol. The molecule has 5 nitrogen and oxygen atoms in total. The fraction of sp³-hybridized carbons (Fsp3) is 0.600. The number of aliphatic hydroxyl groups excluding tert-OH is 1. The van der Waals surface area contributed by atoms with E-state index in [4.69, 9.17) is 5.11 Å². The van der Waals surface area contributed by atoms with Crippen LogP contribution in [0.5, 0.6) is 0 Å². The highest BCUT2D eigenvalue weighted by molar-refractivity contribution is 7.89. The lowest BCUT2D eigenvalue weighted by molar-refractivity contribution is 0.255. The Labute approximate surface area is 127 Å². The molecule has 0 aliphatic rings. The number of rotatable bonds is 10. The number of aliphatic hydroxyl groups is 1. The Morgan fingerprint density at radius 3 is 2.52 bits per heavy atom. The van der Waals surface area contributed by atoms with Gasteiger partial charge in [-0.05, 0) is 30.9 Å². The second kappa shape index (κ2) is 9.02. The van der Waals surface area contributed by atoms with Crippen LogP contribution in [-0.2, 0) is 10.0 Å². The lowest BCUT2D eigenvalue weighted by Crippen LogP contribution is -2.25. The van der Waals surface area contributed by atoms with Gasteiger partial charge in [0, 0.05) is 19.7 Å². The van der Waals surface area contributed by atoms with Gasteiger partial charge in [0.15, 0.2) is 0 Å². The van der Waals surface area contributed by atoms with Crippen molar-refractivity contribution in [2.75, 3.05) is 25.0 Å². The van der Waals surface area contributed by atoms with E-state index in [0.717, 1.165) is 19.3 Å². The summed E-state index contributed by atoms with van der Waals surface area (Å²) < 4.78 is 26.8. The van der Waals surface area contributed by atoms with E-state index in [1.807, 2.05) is 6.07 Å². The minimum absolute atomic E-state index is 0.156. The average Bonchev–Trinajstić information content (AvgIpc) is 2.45. The first-order valence-electron chi connectivity index (χ1n) is 7.48. The highest BCUT2D eigenvalue weighted by Gasteiger charge is 2.17. The van der Waals surface area contributed by atoms with Gasteiger partial charge in [-0.3, -0.25) is 0 Å². The minimum Gasteiger partial charge on any atom is -0.396 e. The molecule has 1 rings (SSSR count). The smallest absolute Gasteiger partial charge is 0.242 e. The Morgan fingerprint density at radius 2 is 1.90 bits per heavy atom. The third-order valence-corrected chi connectivity index (χ3v) is 4.93. The number of para-hydroxylation sites is 1. The van der Waals surface area contributed by atoms with Crippen molar-refractivity contribution < 1.29 is 13.5 Å². The molecule has 0 spiro atoms.